The molecule has 17 heavy (non-hydrogen) atoms. The van der Waals surface area contributed by atoms with E-state index in [9.17, 15) is 0 Å². The van der Waals surface area contributed by atoms with Gasteiger partial charge in [0, 0.05) is 6.04 Å². The number of hydrogen-bond donors (Lipinski definition) is 1. The lowest BCUT2D eigenvalue weighted by Crippen LogP contribution is -2.35. The molecular formula is C16H33N. The van der Waals surface area contributed by atoms with E-state index >= 15 is 0 Å². The van der Waals surface area contributed by atoms with E-state index in [4.69, 9.17) is 0 Å². The molecule has 1 unspecified atom stereocenters. The second kappa shape index (κ2) is 8.97. The molecule has 102 valence electrons. The number of unbranched alkanes of at least 4 members (excludes halogenated alkanes) is 1. The van der Waals surface area contributed by atoms with Gasteiger partial charge in [-0.15, -0.1) is 0 Å². The molecule has 0 spiro atoms. The monoisotopic (exact) mass is 239 g/mol. The van der Waals surface area contributed by atoms with Crippen molar-refractivity contribution in [3.8, 4) is 0 Å². The summed E-state index contributed by atoms with van der Waals surface area (Å²) in [6.45, 7) is 8.16. The van der Waals surface area contributed by atoms with E-state index in [0.29, 0.717) is 0 Å². The van der Waals surface area contributed by atoms with Gasteiger partial charge in [0.2, 0.25) is 0 Å². The Labute approximate surface area is 109 Å². The summed E-state index contributed by atoms with van der Waals surface area (Å²) in [5.74, 6) is 1.86. The van der Waals surface area contributed by atoms with Gasteiger partial charge in [0.15, 0.2) is 0 Å². The fourth-order valence-corrected chi connectivity index (χ4v) is 3.11. The summed E-state index contributed by atoms with van der Waals surface area (Å²) in [6.07, 6.45) is 12.8. The predicted molar refractivity (Wildman–Crippen MR) is 77.3 cm³/mol. The molecule has 1 aliphatic rings. The van der Waals surface area contributed by atoms with Crippen LogP contribution in [0.4, 0.5) is 0 Å². The van der Waals surface area contributed by atoms with Crippen molar-refractivity contribution >= 4 is 0 Å². The summed E-state index contributed by atoms with van der Waals surface area (Å²) in [5, 5.41) is 3.80. The molecule has 0 aliphatic heterocycles. The van der Waals surface area contributed by atoms with Crippen molar-refractivity contribution in [2.45, 2.75) is 84.6 Å². The van der Waals surface area contributed by atoms with Gasteiger partial charge in [-0.3, -0.25) is 0 Å². The molecule has 1 atom stereocenters. The van der Waals surface area contributed by atoms with E-state index < -0.39 is 0 Å². The maximum atomic E-state index is 3.80. The van der Waals surface area contributed by atoms with Gasteiger partial charge in [0.05, 0.1) is 0 Å². The van der Waals surface area contributed by atoms with Gasteiger partial charge in [-0.25, -0.2) is 0 Å². The minimum atomic E-state index is 0.824. The van der Waals surface area contributed by atoms with E-state index in [-0.39, 0.29) is 0 Å². The molecule has 0 bridgehead atoms. The third-order valence-corrected chi connectivity index (χ3v) is 4.17. The van der Waals surface area contributed by atoms with E-state index in [1.165, 1.54) is 64.3 Å². The first-order valence-corrected chi connectivity index (χ1v) is 7.97. The van der Waals surface area contributed by atoms with Crippen LogP contribution in [0.3, 0.4) is 0 Å². The van der Waals surface area contributed by atoms with Crippen molar-refractivity contribution in [3.05, 3.63) is 0 Å². The van der Waals surface area contributed by atoms with E-state index in [1.54, 1.807) is 0 Å². The second-order valence-corrected chi connectivity index (χ2v) is 6.28. The van der Waals surface area contributed by atoms with Crippen molar-refractivity contribution in [2.24, 2.45) is 11.8 Å². The van der Waals surface area contributed by atoms with Crippen LogP contribution in [-0.4, -0.2) is 12.6 Å². The van der Waals surface area contributed by atoms with Gasteiger partial charge in [0.1, 0.15) is 0 Å². The minimum Gasteiger partial charge on any atom is -0.314 e. The van der Waals surface area contributed by atoms with Crippen molar-refractivity contribution in [1.29, 1.82) is 0 Å². The molecule has 0 amide bonds. The quantitative estimate of drug-likeness (QED) is 0.572. The van der Waals surface area contributed by atoms with Crippen LogP contribution in [0.5, 0.6) is 0 Å². The highest BCUT2D eigenvalue weighted by Gasteiger charge is 2.23. The molecule has 1 fully saturated rings. The summed E-state index contributed by atoms with van der Waals surface area (Å²) < 4.78 is 0. The number of hydrogen-bond acceptors (Lipinski definition) is 1. The Kier molecular flexibility index (Phi) is 7.92. The third kappa shape index (κ3) is 6.45. The normalized spacial score (nSPS) is 19.1. The first kappa shape index (κ1) is 15.0. The third-order valence-electron chi connectivity index (χ3n) is 4.17. The Morgan fingerprint density at radius 3 is 2.29 bits per heavy atom. The van der Waals surface area contributed by atoms with Crippen LogP contribution in [0.15, 0.2) is 0 Å². The Bertz CT molecular complexity index is 170. The zero-order valence-corrected chi connectivity index (χ0v) is 12.3. The largest absolute Gasteiger partial charge is 0.314 e. The minimum absolute atomic E-state index is 0.824. The van der Waals surface area contributed by atoms with Gasteiger partial charge in [0.25, 0.3) is 0 Å². The molecule has 1 N–H and O–H groups in total. The van der Waals surface area contributed by atoms with Crippen LogP contribution in [0.25, 0.3) is 0 Å². The molecule has 1 rings (SSSR count). The van der Waals surface area contributed by atoms with Crippen LogP contribution < -0.4 is 5.32 Å². The van der Waals surface area contributed by atoms with Gasteiger partial charge in [-0.1, -0.05) is 52.9 Å². The first-order valence-electron chi connectivity index (χ1n) is 7.97. The Hall–Kier alpha value is -0.0400. The topological polar surface area (TPSA) is 12.0 Å². The van der Waals surface area contributed by atoms with E-state index in [1.807, 2.05) is 0 Å². The average Bonchev–Trinajstić information content (AvgIpc) is 2.81. The zero-order valence-electron chi connectivity index (χ0n) is 12.3. The highest BCUT2D eigenvalue weighted by molar-refractivity contribution is 4.80. The molecule has 0 aromatic carbocycles. The van der Waals surface area contributed by atoms with Crippen LogP contribution in [-0.2, 0) is 0 Å². The maximum absolute atomic E-state index is 3.80. The summed E-state index contributed by atoms with van der Waals surface area (Å²) in [7, 11) is 0. The lowest BCUT2D eigenvalue weighted by atomic mass is 9.92. The van der Waals surface area contributed by atoms with E-state index in [2.05, 4.69) is 26.1 Å². The average molecular weight is 239 g/mol. The van der Waals surface area contributed by atoms with Crippen LogP contribution >= 0.6 is 0 Å². The molecular weight excluding hydrogens is 206 g/mol. The second-order valence-electron chi connectivity index (χ2n) is 6.28. The fraction of sp³-hybridized carbons (Fsp3) is 1.00. The molecule has 0 radical (unpaired) electrons. The molecule has 1 heteroatoms. The molecule has 1 aliphatic carbocycles. The predicted octanol–water partition coefficient (Wildman–Crippen LogP) is 4.76. The Balaban J connectivity index is 2.20. The Morgan fingerprint density at radius 2 is 1.71 bits per heavy atom. The van der Waals surface area contributed by atoms with Crippen LogP contribution in [0.1, 0.15) is 78.6 Å². The molecule has 0 aromatic rings. The maximum Gasteiger partial charge on any atom is 0.00953 e. The van der Waals surface area contributed by atoms with Crippen LogP contribution in [0.2, 0.25) is 0 Å². The van der Waals surface area contributed by atoms with Crippen LogP contribution in [0, 0.1) is 11.8 Å². The SMILES string of the molecule is CCCNC(CCCCC(C)C)C1CCCC1. The van der Waals surface area contributed by atoms with Crippen molar-refractivity contribution in [3.63, 3.8) is 0 Å². The molecule has 1 saturated carbocycles. The highest BCUT2D eigenvalue weighted by atomic mass is 14.9. The zero-order chi connectivity index (χ0) is 12.5. The summed E-state index contributed by atoms with van der Waals surface area (Å²) in [4.78, 5) is 0. The standard InChI is InChI=1S/C16H33N/c1-4-13-17-16(15-10-6-7-11-15)12-8-5-9-14(2)3/h14-17H,4-13H2,1-3H3. The van der Waals surface area contributed by atoms with Gasteiger partial charge < -0.3 is 5.32 Å². The van der Waals surface area contributed by atoms with Gasteiger partial charge >= 0.3 is 0 Å². The van der Waals surface area contributed by atoms with Crippen molar-refractivity contribution in [1.82, 2.24) is 5.32 Å². The number of nitrogens with one attached hydrogen (secondary N) is 1. The highest BCUT2D eigenvalue weighted by Crippen LogP contribution is 2.30. The summed E-state index contributed by atoms with van der Waals surface area (Å²) in [5.41, 5.74) is 0. The number of rotatable bonds is 9. The summed E-state index contributed by atoms with van der Waals surface area (Å²) >= 11 is 0. The van der Waals surface area contributed by atoms with Gasteiger partial charge in [-0.2, -0.15) is 0 Å². The summed E-state index contributed by atoms with van der Waals surface area (Å²) in [6, 6.07) is 0.824. The van der Waals surface area contributed by atoms with Crippen molar-refractivity contribution < 1.29 is 0 Å². The van der Waals surface area contributed by atoms with Crippen molar-refractivity contribution in [2.75, 3.05) is 6.54 Å². The lowest BCUT2D eigenvalue weighted by Gasteiger charge is -2.25. The smallest absolute Gasteiger partial charge is 0.00953 e. The first-order chi connectivity index (χ1) is 8.24. The Morgan fingerprint density at radius 1 is 1.06 bits per heavy atom. The molecule has 0 aromatic heterocycles. The van der Waals surface area contributed by atoms with E-state index in [0.717, 1.165) is 17.9 Å². The lowest BCUT2D eigenvalue weighted by molar-refractivity contribution is 0.328. The molecule has 0 saturated heterocycles. The molecule has 1 nitrogen and oxygen atoms in total. The molecule has 0 heterocycles. The fourth-order valence-electron chi connectivity index (χ4n) is 3.11. The van der Waals surface area contributed by atoms with Gasteiger partial charge in [-0.05, 0) is 44.1 Å².